The Labute approximate surface area is 138 Å². The molecule has 7 heteroatoms. The molecule has 0 bridgehead atoms. The Morgan fingerprint density at radius 1 is 1.38 bits per heavy atom. The standard InChI is InChI=1S/C17H19F2N3O2/c1-11(24-13-4-5-14(18)15(19)9-13)17(23)22-8-2-3-12(10-22)16-6-7-20-21-16/h4-7,9,11-12H,2-3,8,10H2,1H3,(H,20,21). The Bertz CT molecular complexity index is 706. The quantitative estimate of drug-likeness (QED) is 0.935. The predicted molar refractivity (Wildman–Crippen MR) is 83.6 cm³/mol. The molecule has 0 radical (unpaired) electrons. The van der Waals surface area contributed by atoms with E-state index >= 15 is 0 Å². The number of ether oxygens (including phenoxy) is 1. The third-order valence-electron chi connectivity index (χ3n) is 4.25. The number of H-pyrrole nitrogens is 1. The molecule has 1 N–H and O–H groups in total. The van der Waals surface area contributed by atoms with Crippen molar-refractivity contribution in [3.05, 3.63) is 47.8 Å². The number of halogens is 2. The highest BCUT2D eigenvalue weighted by Crippen LogP contribution is 2.26. The van der Waals surface area contributed by atoms with Crippen LogP contribution in [-0.4, -0.2) is 40.2 Å². The molecule has 0 aliphatic carbocycles. The first kappa shape index (κ1) is 16.4. The Hall–Kier alpha value is -2.44. The number of rotatable bonds is 4. The van der Waals surface area contributed by atoms with Crippen LogP contribution in [0, 0.1) is 11.6 Å². The van der Waals surface area contributed by atoms with Gasteiger partial charge in [0.2, 0.25) is 0 Å². The van der Waals surface area contributed by atoms with Crippen LogP contribution in [0.15, 0.2) is 30.5 Å². The van der Waals surface area contributed by atoms with E-state index in [4.69, 9.17) is 4.74 Å². The average Bonchev–Trinajstić information content (AvgIpc) is 3.12. The molecule has 1 fully saturated rings. The molecule has 2 atom stereocenters. The maximum atomic E-state index is 13.2. The molecule has 1 aromatic carbocycles. The molecule has 1 aliphatic heterocycles. The number of likely N-dealkylation sites (tertiary alicyclic amines) is 1. The van der Waals surface area contributed by atoms with Gasteiger partial charge in [-0.3, -0.25) is 9.89 Å². The summed E-state index contributed by atoms with van der Waals surface area (Å²) in [6.45, 7) is 2.87. The third kappa shape index (κ3) is 3.55. The van der Waals surface area contributed by atoms with E-state index in [0.29, 0.717) is 13.1 Å². The molecular weight excluding hydrogens is 316 g/mol. The van der Waals surface area contributed by atoms with E-state index in [1.807, 2.05) is 6.07 Å². The molecule has 2 unspecified atom stereocenters. The molecule has 1 amide bonds. The van der Waals surface area contributed by atoms with Gasteiger partial charge in [0.25, 0.3) is 5.91 Å². The summed E-state index contributed by atoms with van der Waals surface area (Å²) in [6, 6.07) is 5.16. The van der Waals surface area contributed by atoms with Gasteiger partial charge in [0.15, 0.2) is 17.7 Å². The topological polar surface area (TPSA) is 58.2 Å². The van der Waals surface area contributed by atoms with Gasteiger partial charge in [-0.2, -0.15) is 5.10 Å². The van der Waals surface area contributed by atoms with Crippen molar-refractivity contribution in [2.45, 2.75) is 31.8 Å². The lowest BCUT2D eigenvalue weighted by atomic mass is 9.94. The molecule has 1 saturated heterocycles. The fourth-order valence-corrected chi connectivity index (χ4v) is 2.99. The number of carbonyl (C=O) groups is 1. The van der Waals surface area contributed by atoms with Crippen molar-refractivity contribution in [3.63, 3.8) is 0 Å². The number of piperidine rings is 1. The minimum Gasteiger partial charge on any atom is -0.481 e. The van der Waals surface area contributed by atoms with Crippen LogP contribution in [0.3, 0.4) is 0 Å². The van der Waals surface area contributed by atoms with Gasteiger partial charge in [-0.1, -0.05) is 0 Å². The Balaban J connectivity index is 1.63. The molecule has 2 aromatic rings. The van der Waals surface area contributed by atoms with Crippen LogP contribution in [0.2, 0.25) is 0 Å². The summed E-state index contributed by atoms with van der Waals surface area (Å²) in [5.74, 6) is -1.74. The maximum Gasteiger partial charge on any atom is 0.263 e. The summed E-state index contributed by atoms with van der Waals surface area (Å²) < 4.78 is 31.7. The maximum absolute atomic E-state index is 13.2. The monoisotopic (exact) mass is 335 g/mol. The number of aromatic amines is 1. The van der Waals surface area contributed by atoms with Crippen molar-refractivity contribution in [2.24, 2.45) is 0 Å². The van der Waals surface area contributed by atoms with Gasteiger partial charge in [-0.25, -0.2) is 8.78 Å². The van der Waals surface area contributed by atoms with Gasteiger partial charge in [0.05, 0.1) is 0 Å². The average molecular weight is 335 g/mol. The summed E-state index contributed by atoms with van der Waals surface area (Å²) in [7, 11) is 0. The highest BCUT2D eigenvalue weighted by atomic mass is 19.2. The Kier molecular flexibility index (Phi) is 4.78. The van der Waals surface area contributed by atoms with Gasteiger partial charge in [-0.15, -0.1) is 0 Å². The summed E-state index contributed by atoms with van der Waals surface area (Å²) >= 11 is 0. The van der Waals surface area contributed by atoms with Crippen molar-refractivity contribution < 1.29 is 18.3 Å². The van der Waals surface area contributed by atoms with Gasteiger partial charge in [0.1, 0.15) is 5.75 Å². The van der Waals surface area contributed by atoms with Crippen molar-refractivity contribution in [1.82, 2.24) is 15.1 Å². The molecular formula is C17H19F2N3O2. The first-order valence-corrected chi connectivity index (χ1v) is 7.94. The summed E-state index contributed by atoms with van der Waals surface area (Å²) in [6.07, 6.45) is 2.82. The van der Waals surface area contributed by atoms with Gasteiger partial charge in [0, 0.05) is 37.0 Å². The summed E-state index contributed by atoms with van der Waals surface area (Å²) in [4.78, 5) is 14.3. The number of benzene rings is 1. The van der Waals surface area contributed by atoms with Crippen molar-refractivity contribution in [3.8, 4) is 5.75 Å². The summed E-state index contributed by atoms with van der Waals surface area (Å²) in [5, 5.41) is 6.90. The zero-order chi connectivity index (χ0) is 17.1. The van der Waals surface area contributed by atoms with Gasteiger partial charge in [-0.05, 0) is 38.0 Å². The van der Waals surface area contributed by atoms with E-state index in [2.05, 4.69) is 10.2 Å². The lowest BCUT2D eigenvalue weighted by Gasteiger charge is -2.33. The van der Waals surface area contributed by atoms with E-state index in [1.54, 1.807) is 18.0 Å². The molecule has 0 saturated carbocycles. The van der Waals surface area contributed by atoms with Crippen molar-refractivity contribution in [1.29, 1.82) is 0 Å². The molecule has 3 rings (SSSR count). The second-order valence-electron chi connectivity index (χ2n) is 5.97. The number of amides is 1. The van der Waals surface area contributed by atoms with Crippen LogP contribution in [0.5, 0.6) is 5.75 Å². The summed E-state index contributed by atoms with van der Waals surface area (Å²) in [5.41, 5.74) is 1.02. The number of nitrogens with one attached hydrogen (secondary N) is 1. The molecule has 128 valence electrons. The van der Waals surface area contributed by atoms with E-state index < -0.39 is 17.7 Å². The van der Waals surface area contributed by atoms with Crippen molar-refractivity contribution in [2.75, 3.05) is 13.1 Å². The number of aromatic nitrogens is 2. The number of hydrogen-bond donors (Lipinski definition) is 1. The Morgan fingerprint density at radius 3 is 2.92 bits per heavy atom. The number of hydrogen-bond acceptors (Lipinski definition) is 3. The van der Waals surface area contributed by atoms with Crippen LogP contribution in [0.1, 0.15) is 31.4 Å². The second-order valence-corrected chi connectivity index (χ2v) is 5.97. The SMILES string of the molecule is CC(Oc1ccc(F)c(F)c1)C(=O)N1CCCC(c2ccn[nH]2)C1. The first-order valence-electron chi connectivity index (χ1n) is 7.94. The van der Waals surface area contributed by atoms with Crippen LogP contribution in [-0.2, 0) is 4.79 Å². The van der Waals surface area contributed by atoms with Crippen LogP contribution >= 0.6 is 0 Å². The highest BCUT2D eigenvalue weighted by molar-refractivity contribution is 5.81. The number of nitrogens with zero attached hydrogens (tertiary/aromatic N) is 2. The first-order chi connectivity index (χ1) is 11.5. The van der Waals surface area contributed by atoms with Crippen LogP contribution < -0.4 is 4.74 Å². The lowest BCUT2D eigenvalue weighted by molar-refractivity contribution is -0.139. The minimum atomic E-state index is -0.996. The van der Waals surface area contributed by atoms with Crippen LogP contribution in [0.4, 0.5) is 8.78 Å². The predicted octanol–water partition coefficient (Wildman–Crippen LogP) is 2.86. The largest absolute Gasteiger partial charge is 0.481 e. The normalized spacial score (nSPS) is 19.1. The van der Waals surface area contributed by atoms with E-state index in [0.717, 1.165) is 30.7 Å². The molecule has 1 aromatic heterocycles. The minimum absolute atomic E-state index is 0.136. The van der Waals surface area contributed by atoms with Gasteiger partial charge >= 0.3 is 0 Å². The third-order valence-corrected chi connectivity index (χ3v) is 4.25. The molecule has 5 nitrogen and oxygen atoms in total. The molecule has 1 aliphatic rings. The van der Waals surface area contributed by atoms with Crippen LogP contribution in [0.25, 0.3) is 0 Å². The molecule has 2 heterocycles. The van der Waals surface area contributed by atoms with E-state index in [-0.39, 0.29) is 17.6 Å². The highest BCUT2D eigenvalue weighted by Gasteiger charge is 2.29. The van der Waals surface area contributed by atoms with Gasteiger partial charge < -0.3 is 9.64 Å². The zero-order valence-electron chi connectivity index (χ0n) is 13.3. The van der Waals surface area contributed by atoms with Crippen molar-refractivity contribution >= 4 is 5.91 Å². The zero-order valence-corrected chi connectivity index (χ0v) is 13.3. The lowest BCUT2D eigenvalue weighted by Crippen LogP contribution is -2.45. The Morgan fingerprint density at radius 2 is 2.21 bits per heavy atom. The molecule has 24 heavy (non-hydrogen) atoms. The molecule has 0 spiro atoms. The fraction of sp³-hybridized carbons (Fsp3) is 0.412. The fourth-order valence-electron chi connectivity index (χ4n) is 2.99. The second kappa shape index (κ2) is 6.98. The number of carbonyl (C=O) groups excluding carboxylic acids is 1. The van der Waals surface area contributed by atoms with E-state index in [1.165, 1.54) is 6.07 Å². The van der Waals surface area contributed by atoms with E-state index in [9.17, 15) is 13.6 Å². The smallest absolute Gasteiger partial charge is 0.263 e.